The Morgan fingerprint density at radius 1 is 1.29 bits per heavy atom. The first-order chi connectivity index (χ1) is 10.2. The predicted molar refractivity (Wildman–Crippen MR) is 80.9 cm³/mol. The van der Waals surface area contributed by atoms with Crippen LogP contribution in [-0.2, 0) is 7.05 Å². The van der Waals surface area contributed by atoms with Gasteiger partial charge in [-0.3, -0.25) is 4.68 Å². The minimum Gasteiger partial charge on any atom is -0.486 e. The lowest BCUT2D eigenvalue weighted by atomic mass is 9.98. The van der Waals surface area contributed by atoms with Crippen molar-refractivity contribution in [3.05, 3.63) is 41.2 Å². The fraction of sp³-hybridized carbons (Fsp3) is 0.438. The Labute approximate surface area is 124 Å². The predicted octanol–water partition coefficient (Wildman–Crippen LogP) is 2.20. The maximum atomic E-state index is 5.69. The highest BCUT2D eigenvalue weighted by Gasteiger charge is 2.20. The smallest absolute Gasteiger partial charge is 0.161 e. The van der Waals surface area contributed by atoms with E-state index in [-0.39, 0.29) is 6.04 Å². The van der Waals surface area contributed by atoms with Crippen molar-refractivity contribution < 1.29 is 9.47 Å². The van der Waals surface area contributed by atoms with Gasteiger partial charge in [-0.05, 0) is 31.2 Å². The van der Waals surface area contributed by atoms with Crippen LogP contribution in [0.4, 0.5) is 0 Å². The van der Waals surface area contributed by atoms with Crippen LogP contribution in [0.25, 0.3) is 0 Å². The number of nitrogens with zero attached hydrogens (tertiary/aromatic N) is 2. The second-order valence-electron chi connectivity index (χ2n) is 5.20. The molecule has 1 unspecified atom stereocenters. The molecule has 0 saturated heterocycles. The van der Waals surface area contributed by atoms with Crippen LogP contribution in [0.5, 0.6) is 11.5 Å². The van der Waals surface area contributed by atoms with Crippen molar-refractivity contribution >= 4 is 0 Å². The average Bonchev–Trinajstić information content (AvgIpc) is 2.84. The number of aromatic nitrogens is 2. The molecular formula is C16H21N3O2. The highest BCUT2D eigenvalue weighted by molar-refractivity contribution is 5.46. The number of hydrogen-bond donors (Lipinski definition) is 1. The summed E-state index contributed by atoms with van der Waals surface area (Å²) in [6.45, 7) is 6.30. The van der Waals surface area contributed by atoms with Crippen LogP contribution in [-0.4, -0.2) is 29.5 Å². The number of fused-ring (bicyclic) bond motifs is 1. The summed E-state index contributed by atoms with van der Waals surface area (Å²) >= 11 is 0. The molecule has 0 spiro atoms. The molecule has 0 amide bonds. The molecule has 5 nitrogen and oxygen atoms in total. The summed E-state index contributed by atoms with van der Waals surface area (Å²) in [6, 6.07) is 6.25. The summed E-state index contributed by atoms with van der Waals surface area (Å²) in [6.07, 6.45) is 1.93. The average molecular weight is 287 g/mol. The molecule has 1 aliphatic heterocycles. The summed E-state index contributed by atoms with van der Waals surface area (Å²) < 4.78 is 13.2. The largest absolute Gasteiger partial charge is 0.486 e. The first-order valence-electron chi connectivity index (χ1n) is 7.32. The molecule has 3 rings (SSSR count). The molecule has 1 atom stereocenters. The Morgan fingerprint density at radius 3 is 2.71 bits per heavy atom. The van der Waals surface area contributed by atoms with E-state index in [0.717, 1.165) is 29.3 Å². The lowest BCUT2D eigenvalue weighted by Crippen LogP contribution is -2.23. The Kier molecular flexibility index (Phi) is 3.84. The molecule has 112 valence electrons. The molecule has 2 aromatic rings. The topological polar surface area (TPSA) is 48.3 Å². The summed E-state index contributed by atoms with van der Waals surface area (Å²) in [4.78, 5) is 0. The van der Waals surface area contributed by atoms with Crippen molar-refractivity contribution in [3.8, 4) is 11.5 Å². The number of benzene rings is 1. The lowest BCUT2D eigenvalue weighted by molar-refractivity contribution is 0.171. The van der Waals surface area contributed by atoms with E-state index < -0.39 is 0 Å². The Hall–Kier alpha value is -2.01. The molecule has 1 aromatic heterocycles. The first kappa shape index (κ1) is 13.9. The number of nitrogens with one attached hydrogen (secondary N) is 1. The van der Waals surface area contributed by atoms with E-state index in [1.165, 1.54) is 5.56 Å². The van der Waals surface area contributed by atoms with Gasteiger partial charge in [0, 0.05) is 18.3 Å². The van der Waals surface area contributed by atoms with Gasteiger partial charge in [-0.1, -0.05) is 13.0 Å². The maximum absolute atomic E-state index is 5.69. The Morgan fingerprint density at radius 2 is 2.05 bits per heavy atom. The van der Waals surface area contributed by atoms with Crippen molar-refractivity contribution in [1.29, 1.82) is 0 Å². The molecule has 0 saturated carbocycles. The molecule has 0 radical (unpaired) electrons. The Bertz CT molecular complexity index is 636. The van der Waals surface area contributed by atoms with Crippen molar-refractivity contribution in [1.82, 2.24) is 15.1 Å². The summed E-state index contributed by atoms with van der Waals surface area (Å²) in [5, 5.41) is 7.88. The number of ether oxygens (including phenoxy) is 2. The van der Waals surface area contributed by atoms with Gasteiger partial charge in [-0.25, -0.2) is 0 Å². The molecule has 21 heavy (non-hydrogen) atoms. The summed E-state index contributed by atoms with van der Waals surface area (Å²) in [7, 11) is 1.96. The van der Waals surface area contributed by atoms with E-state index >= 15 is 0 Å². The normalized spacial score (nSPS) is 15.0. The van der Waals surface area contributed by atoms with E-state index in [1.807, 2.05) is 24.0 Å². The number of hydrogen-bond acceptors (Lipinski definition) is 4. The molecule has 1 N–H and O–H groups in total. The fourth-order valence-electron chi connectivity index (χ4n) is 2.65. The second kappa shape index (κ2) is 5.77. The van der Waals surface area contributed by atoms with Crippen molar-refractivity contribution in [3.63, 3.8) is 0 Å². The van der Waals surface area contributed by atoms with Gasteiger partial charge in [0.25, 0.3) is 0 Å². The van der Waals surface area contributed by atoms with Crippen LogP contribution in [0.1, 0.15) is 29.8 Å². The fourth-order valence-corrected chi connectivity index (χ4v) is 2.65. The molecule has 5 heteroatoms. The molecular weight excluding hydrogens is 266 g/mol. The van der Waals surface area contributed by atoms with Gasteiger partial charge in [0.15, 0.2) is 11.5 Å². The van der Waals surface area contributed by atoms with Gasteiger partial charge in [-0.2, -0.15) is 5.10 Å². The molecule has 0 fully saturated rings. The SMILES string of the molecule is CCNC(c1ccc2c(c1)OCCO2)c1cnn(C)c1C. The zero-order chi connectivity index (χ0) is 14.8. The maximum Gasteiger partial charge on any atom is 0.161 e. The summed E-state index contributed by atoms with van der Waals surface area (Å²) in [5.41, 5.74) is 3.52. The quantitative estimate of drug-likeness (QED) is 0.936. The van der Waals surface area contributed by atoms with E-state index in [0.29, 0.717) is 13.2 Å². The van der Waals surface area contributed by atoms with E-state index in [4.69, 9.17) is 9.47 Å². The van der Waals surface area contributed by atoms with Gasteiger partial charge >= 0.3 is 0 Å². The van der Waals surface area contributed by atoms with Crippen LogP contribution in [0.3, 0.4) is 0 Å². The first-order valence-corrected chi connectivity index (χ1v) is 7.32. The van der Waals surface area contributed by atoms with Gasteiger partial charge in [0.05, 0.1) is 12.2 Å². The minimum absolute atomic E-state index is 0.111. The number of rotatable bonds is 4. The van der Waals surface area contributed by atoms with Crippen LogP contribution in [0.2, 0.25) is 0 Å². The van der Waals surface area contributed by atoms with Crippen LogP contribution in [0, 0.1) is 6.92 Å². The van der Waals surface area contributed by atoms with Crippen LogP contribution < -0.4 is 14.8 Å². The standard InChI is InChI=1S/C16H21N3O2/c1-4-17-16(13-10-18-19(3)11(13)2)12-5-6-14-15(9-12)21-8-7-20-14/h5-6,9-10,16-17H,4,7-8H2,1-3H3. The molecule has 2 heterocycles. The van der Waals surface area contributed by atoms with Gasteiger partial charge < -0.3 is 14.8 Å². The van der Waals surface area contributed by atoms with Gasteiger partial charge in [0.2, 0.25) is 0 Å². The van der Waals surface area contributed by atoms with Crippen LogP contribution >= 0.6 is 0 Å². The molecule has 0 aliphatic carbocycles. The van der Waals surface area contributed by atoms with Crippen LogP contribution in [0.15, 0.2) is 24.4 Å². The monoisotopic (exact) mass is 287 g/mol. The van der Waals surface area contributed by atoms with Gasteiger partial charge in [-0.15, -0.1) is 0 Å². The highest BCUT2D eigenvalue weighted by Crippen LogP contribution is 2.34. The minimum atomic E-state index is 0.111. The zero-order valence-electron chi connectivity index (χ0n) is 12.7. The second-order valence-corrected chi connectivity index (χ2v) is 5.20. The van der Waals surface area contributed by atoms with E-state index in [9.17, 15) is 0 Å². The van der Waals surface area contributed by atoms with Crippen molar-refractivity contribution in [2.45, 2.75) is 19.9 Å². The molecule has 0 bridgehead atoms. The molecule has 1 aliphatic rings. The van der Waals surface area contributed by atoms with E-state index in [1.54, 1.807) is 0 Å². The van der Waals surface area contributed by atoms with Crippen molar-refractivity contribution in [2.75, 3.05) is 19.8 Å². The third kappa shape index (κ3) is 2.61. The Balaban J connectivity index is 1.99. The van der Waals surface area contributed by atoms with E-state index in [2.05, 4.69) is 36.4 Å². The molecule has 1 aromatic carbocycles. The third-order valence-corrected chi connectivity index (χ3v) is 3.89. The number of aryl methyl sites for hydroxylation is 1. The zero-order valence-corrected chi connectivity index (χ0v) is 12.7. The highest BCUT2D eigenvalue weighted by atomic mass is 16.6. The third-order valence-electron chi connectivity index (χ3n) is 3.89. The van der Waals surface area contributed by atoms with Crippen molar-refractivity contribution in [2.24, 2.45) is 7.05 Å². The summed E-state index contributed by atoms with van der Waals surface area (Å²) in [5.74, 6) is 1.64. The van der Waals surface area contributed by atoms with Gasteiger partial charge in [0.1, 0.15) is 13.2 Å². The lowest BCUT2D eigenvalue weighted by Gasteiger charge is -2.22.